The molecule has 7 heteroatoms. The number of aromatic nitrogens is 2. The Balaban J connectivity index is 1.76. The molecule has 1 heterocycles. The van der Waals surface area contributed by atoms with Gasteiger partial charge in [0.1, 0.15) is 11.5 Å². The lowest BCUT2D eigenvalue weighted by Gasteiger charge is -2.15. The van der Waals surface area contributed by atoms with Crippen molar-refractivity contribution in [1.29, 1.82) is 0 Å². The zero-order chi connectivity index (χ0) is 19.6. The van der Waals surface area contributed by atoms with Crippen molar-refractivity contribution < 1.29 is 18.6 Å². The second-order valence-electron chi connectivity index (χ2n) is 6.30. The molecule has 0 aliphatic heterocycles. The molecule has 0 fully saturated rings. The van der Waals surface area contributed by atoms with Gasteiger partial charge in [-0.3, -0.25) is 0 Å². The Morgan fingerprint density at radius 2 is 2.00 bits per heavy atom. The first-order valence-corrected chi connectivity index (χ1v) is 8.50. The number of rotatable bonds is 6. The third kappa shape index (κ3) is 3.93. The van der Waals surface area contributed by atoms with Crippen molar-refractivity contribution in [3.63, 3.8) is 0 Å². The normalized spacial score (nSPS) is 12.2. The van der Waals surface area contributed by atoms with Gasteiger partial charge < -0.3 is 15.2 Å². The summed E-state index contributed by atoms with van der Waals surface area (Å²) in [5.74, 6) is -0.782. The molecule has 5 nitrogen and oxygen atoms in total. The number of hydrogen-bond acceptors (Lipinski definition) is 4. The molecule has 0 saturated carbocycles. The van der Waals surface area contributed by atoms with Gasteiger partial charge in [-0.1, -0.05) is 6.07 Å². The lowest BCUT2D eigenvalue weighted by molar-refractivity contribution is 0.372. The Hall–Kier alpha value is -2.93. The van der Waals surface area contributed by atoms with Crippen LogP contribution in [-0.4, -0.2) is 22.0 Å². The molecule has 0 spiro atoms. The van der Waals surface area contributed by atoms with Crippen LogP contribution in [0.15, 0.2) is 42.6 Å². The predicted octanol–water partition coefficient (Wildman–Crippen LogP) is 4.02. The molecule has 3 aromatic rings. The number of nitrogens with zero attached hydrogens (tertiary/aromatic N) is 2. The SMILES string of the molecule is COc1cc(CNC(C)c2cnn(-c3ccc(F)cc3F)c2C)ccc1O. The van der Waals surface area contributed by atoms with E-state index in [1.807, 2.05) is 19.9 Å². The highest BCUT2D eigenvalue weighted by molar-refractivity contribution is 5.42. The van der Waals surface area contributed by atoms with Crippen LogP contribution in [0.5, 0.6) is 11.5 Å². The summed E-state index contributed by atoms with van der Waals surface area (Å²) in [6.45, 7) is 4.37. The standard InChI is InChI=1S/C20H21F2N3O2/c1-12(23-10-14-4-7-19(26)20(8-14)27-3)16-11-24-25(13(16)2)18-6-5-15(21)9-17(18)22/h4-9,11-12,23,26H,10H2,1-3H3. The number of hydrogen-bond donors (Lipinski definition) is 2. The highest BCUT2D eigenvalue weighted by atomic mass is 19.1. The van der Waals surface area contributed by atoms with Crippen LogP contribution in [0.4, 0.5) is 8.78 Å². The van der Waals surface area contributed by atoms with Gasteiger partial charge in [-0.2, -0.15) is 5.10 Å². The van der Waals surface area contributed by atoms with Crippen LogP contribution < -0.4 is 10.1 Å². The van der Waals surface area contributed by atoms with Crippen LogP contribution in [0.3, 0.4) is 0 Å². The highest BCUT2D eigenvalue weighted by Gasteiger charge is 2.16. The van der Waals surface area contributed by atoms with Gasteiger partial charge in [0.2, 0.25) is 0 Å². The molecule has 1 aromatic heterocycles. The van der Waals surface area contributed by atoms with Gasteiger partial charge in [0.05, 0.1) is 13.3 Å². The van der Waals surface area contributed by atoms with Crippen molar-refractivity contribution in [2.75, 3.05) is 7.11 Å². The fourth-order valence-electron chi connectivity index (χ4n) is 2.96. The first-order valence-electron chi connectivity index (χ1n) is 8.50. The van der Waals surface area contributed by atoms with Crippen LogP contribution in [0.1, 0.15) is 29.8 Å². The predicted molar refractivity (Wildman–Crippen MR) is 98.1 cm³/mol. The summed E-state index contributed by atoms with van der Waals surface area (Å²) in [7, 11) is 1.50. The Morgan fingerprint density at radius 1 is 1.22 bits per heavy atom. The molecule has 1 unspecified atom stereocenters. The number of ether oxygens (including phenoxy) is 1. The van der Waals surface area contributed by atoms with Gasteiger partial charge in [0, 0.05) is 29.9 Å². The Kier molecular flexibility index (Phi) is 5.41. The van der Waals surface area contributed by atoms with Crippen LogP contribution in [0.2, 0.25) is 0 Å². The fourth-order valence-corrected chi connectivity index (χ4v) is 2.96. The highest BCUT2D eigenvalue weighted by Crippen LogP contribution is 2.27. The number of halogens is 2. The second-order valence-corrected chi connectivity index (χ2v) is 6.30. The van der Waals surface area contributed by atoms with Gasteiger partial charge in [-0.05, 0) is 43.7 Å². The Labute approximate surface area is 156 Å². The summed E-state index contributed by atoms with van der Waals surface area (Å²) >= 11 is 0. The largest absolute Gasteiger partial charge is 0.504 e. The molecule has 0 saturated heterocycles. The van der Waals surface area contributed by atoms with Crippen molar-refractivity contribution in [2.45, 2.75) is 26.4 Å². The molecule has 142 valence electrons. The van der Waals surface area contributed by atoms with E-state index in [4.69, 9.17) is 4.74 Å². The number of nitrogens with one attached hydrogen (secondary N) is 1. The summed E-state index contributed by atoms with van der Waals surface area (Å²) in [6.07, 6.45) is 1.67. The molecule has 1 atom stereocenters. The minimum atomic E-state index is -0.662. The number of aromatic hydroxyl groups is 1. The lowest BCUT2D eigenvalue weighted by atomic mass is 10.1. The van der Waals surface area contributed by atoms with E-state index in [1.165, 1.54) is 23.9 Å². The third-order valence-corrected chi connectivity index (χ3v) is 4.51. The van der Waals surface area contributed by atoms with E-state index in [2.05, 4.69) is 10.4 Å². The van der Waals surface area contributed by atoms with Crippen molar-refractivity contribution in [1.82, 2.24) is 15.1 Å². The topological polar surface area (TPSA) is 59.3 Å². The fraction of sp³-hybridized carbons (Fsp3) is 0.250. The summed E-state index contributed by atoms with van der Waals surface area (Å²) in [6, 6.07) is 8.52. The minimum absolute atomic E-state index is 0.0537. The maximum absolute atomic E-state index is 14.1. The third-order valence-electron chi connectivity index (χ3n) is 4.51. The van der Waals surface area contributed by atoms with Crippen molar-refractivity contribution in [3.8, 4) is 17.2 Å². The van der Waals surface area contributed by atoms with Gasteiger partial charge in [-0.15, -0.1) is 0 Å². The lowest BCUT2D eigenvalue weighted by Crippen LogP contribution is -2.18. The molecule has 3 rings (SSSR count). The molecule has 0 amide bonds. The smallest absolute Gasteiger partial charge is 0.160 e. The summed E-state index contributed by atoms with van der Waals surface area (Å²) in [5, 5.41) is 17.3. The summed E-state index contributed by atoms with van der Waals surface area (Å²) < 4.78 is 33.8. The molecule has 0 radical (unpaired) electrons. The molecule has 27 heavy (non-hydrogen) atoms. The first-order chi connectivity index (χ1) is 12.9. The quantitative estimate of drug-likeness (QED) is 0.685. The van der Waals surface area contributed by atoms with Gasteiger partial charge in [0.25, 0.3) is 0 Å². The van der Waals surface area contributed by atoms with Crippen LogP contribution in [-0.2, 0) is 6.54 Å². The van der Waals surface area contributed by atoms with Gasteiger partial charge in [-0.25, -0.2) is 13.5 Å². The number of benzene rings is 2. The summed E-state index contributed by atoms with van der Waals surface area (Å²) in [4.78, 5) is 0. The molecule has 0 bridgehead atoms. The Bertz CT molecular complexity index is 956. The summed E-state index contributed by atoms with van der Waals surface area (Å²) in [5.41, 5.74) is 2.83. The van der Waals surface area contributed by atoms with E-state index < -0.39 is 11.6 Å². The zero-order valence-electron chi connectivity index (χ0n) is 15.3. The van der Waals surface area contributed by atoms with E-state index >= 15 is 0 Å². The van der Waals surface area contributed by atoms with E-state index in [0.29, 0.717) is 12.3 Å². The number of phenolic OH excluding ortho intramolecular Hbond substituents is 1. The van der Waals surface area contributed by atoms with E-state index in [0.717, 1.165) is 22.9 Å². The average molecular weight is 373 g/mol. The maximum atomic E-state index is 14.1. The molecule has 2 N–H and O–H groups in total. The van der Waals surface area contributed by atoms with Crippen molar-refractivity contribution in [2.24, 2.45) is 0 Å². The van der Waals surface area contributed by atoms with Crippen LogP contribution in [0.25, 0.3) is 5.69 Å². The average Bonchev–Trinajstić information content (AvgIpc) is 3.02. The van der Waals surface area contributed by atoms with Crippen molar-refractivity contribution >= 4 is 0 Å². The van der Waals surface area contributed by atoms with E-state index in [-0.39, 0.29) is 17.5 Å². The molecular formula is C20H21F2N3O2. The monoisotopic (exact) mass is 373 g/mol. The van der Waals surface area contributed by atoms with Crippen LogP contribution >= 0.6 is 0 Å². The van der Waals surface area contributed by atoms with Crippen molar-refractivity contribution in [3.05, 3.63) is 71.1 Å². The second kappa shape index (κ2) is 7.75. The number of methoxy groups -OCH3 is 1. The van der Waals surface area contributed by atoms with Gasteiger partial charge >= 0.3 is 0 Å². The minimum Gasteiger partial charge on any atom is -0.504 e. The first kappa shape index (κ1) is 18.8. The molecular weight excluding hydrogens is 352 g/mol. The Morgan fingerprint density at radius 3 is 2.70 bits per heavy atom. The molecule has 0 aliphatic carbocycles. The molecule has 2 aromatic carbocycles. The molecule has 0 aliphatic rings. The maximum Gasteiger partial charge on any atom is 0.160 e. The van der Waals surface area contributed by atoms with E-state index in [1.54, 1.807) is 18.3 Å². The van der Waals surface area contributed by atoms with Gasteiger partial charge in [0.15, 0.2) is 17.3 Å². The zero-order valence-corrected chi connectivity index (χ0v) is 15.3. The number of phenols is 1. The van der Waals surface area contributed by atoms with E-state index in [9.17, 15) is 13.9 Å². The van der Waals surface area contributed by atoms with Crippen LogP contribution in [0, 0.1) is 18.6 Å².